The van der Waals surface area contributed by atoms with Gasteiger partial charge in [0.1, 0.15) is 23.3 Å². The number of hydrogen-bond donors (Lipinski definition) is 1. The van der Waals surface area contributed by atoms with Crippen LogP contribution in [0.1, 0.15) is 0 Å². The van der Waals surface area contributed by atoms with Crippen LogP contribution in [0.15, 0.2) is 23.1 Å². The number of rotatable bonds is 4. The fourth-order valence-corrected chi connectivity index (χ4v) is 5.64. The summed E-state index contributed by atoms with van der Waals surface area (Å²) < 4.78 is 75.5. The molecule has 1 N–H and O–H groups in total. The van der Waals surface area contributed by atoms with Crippen LogP contribution >= 0.6 is 23.4 Å². The van der Waals surface area contributed by atoms with Crippen LogP contribution in [-0.4, -0.2) is 49.0 Å². The monoisotopic (exact) mass is 406 g/mol. The molecule has 134 valence electrons. The van der Waals surface area contributed by atoms with Crippen molar-refractivity contribution in [2.24, 2.45) is 0 Å². The minimum atomic E-state index is -4.61. The van der Waals surface area contributed by atoms with Gasteiger partial charge in [0.2, 0.25) is 15.9 Å². The Labute approximate surface area is 144 Å². The van der Waals surface area contributed by atoms with Crippen LogP contribution in [0.3, 0.4) is 0 Å². The number of benzene rings is 1. The number of halogens is 5. The number of thioether (sulfide) groups is 1. The highest BCUT2D eigenvalue weighted by atomic mass is 35.5. The standard InChI is InChI=1S/C12H11ClF4N2O3S2/c13-8-3-7(14)1-2-10(8)24(21,22)19-6-23-4-9(19)11(20)18-5-12(15,16)17/h1-3,9H,4-6H2,(H,18,20)/t9-/m1/s1. The van der Waals surface area contributed by atoms with Gasteiger partial charge in [-0.3, -0.25) is 4.79 Å². The lowest BCUT2D eigenvalue weighted by molar-refractivity contribution is -0.140. The third-order valence-corrected chi connectivity index (χ3v) is 6.60. The average Bonchev–Trinajstić information content (AvgIpc) is 2.93. The molecule has 0 saturated carbocycles. The molecule has 5 nitrogen and oxygen atoms in total. The molecule has 0 radical (unpaired) electrons. The first-order chi connectivity index (χ1) is 11.0. The Balaban J connectivity index is 2.24. The van der Waals surface area contributed by atoms with Crippen molar-refractivity contribution in [3.05, 3.63) is 29.0 Å². The molecule has 24 heavy (non-hydrogen) atoms. The number of carbonyl (C=O) groups excluding carboxylic acids is 1. The van der Waals surface area contributed by atoms with Gasteiger partial charge in [0.25, 0.3) is 0 Å². The van der Waals surface area contributed by atoms with Gasteiger partial charge >= 0.3 is 6.18 Å². The summed E-state index contributed by atoms with van der Waals surface area (Å²) in [5.41, 5.74) is 0. The predicted molar refractivity (Wildman–Crippen MR) is 80.6 cm³/mol. The summed E-state index contributed by atoms with van der Waals surface area (Å²) in [6.07, 6.45) is -4.61. The molecule has 2 rings (SSSR count). The maximum Gasteiger partial charge on any atom is 0.405 e. The lowest BCUT2D eigenvalue weighted by Crippen LogP contribution is -2.49. The van der Waals surface area contributed by atoms with Gasteiger partial charge in [0.05, 0.1) is 10.9 Å². The fraction of sp³-hybridized carbons (Fsp3) is 0.417. The van der Waals surface area contributed by atoms with Gasteiger partial charge in [-0.05, 0) is 18.2 Å². The van der Waals surface area contributed by atoms with Crippen LogP contribution in [0.2, 0.25) is 5.02 Å². The lowest BCUT2D eigenvalue weighted by atomic mass is 10.3. The molecule has 1 aromatic rings. The zero-order valence-electron chi connectivity index (χ0n) is 11.8. The number of sulfonamides is 1. The van der Waals surface area contributed by atoms with Crippen molar-refractivity contribution in [2.45, 2.75) is 17.1 Å². The fourth-order valence-electron chi connectivity index (χ4n) is 1.99. The SMILES string of the molecule is O=C(NCC(F)(F)F)[C@H]1CSCN1S(=O)(=O)c1ccc(F)cc1Cl. The summed E-state index contributed by atoms with van der Waals surface area (Å²) in [6, 6.07) is 1.33. The topological polar surface area (TPSA) is 66.5 Å². The summed E-state index contributed by atoms with van der Waals surface area (Å²) in [6.45, 7) is -1.56. The van der Waals surface area contributed by atoms with E-state index >= 15 is 0 Å². The van der Waals surface area contributed by atoms with Crippen LogP contribution in [0.4, 0.5) is 17.6 Å². The molecule has 0 spiro atoms. The number of alkyl halides is 3. The average molecular weight is 407 g/mol. The first kappa shape index (κ1) is 19.3. The smallest absolute Gasteiger partial charge is 0.346 e. The van der Waals surface area contributed by atoms with E-state index in [9.17, 15) is 30.8 Å². The van der Waals surface area contributed by atoms with Crippen molar-refractivity contribution in [1.82, 2.24) is 9.62 Å². The van der Waals surface area contributed by atoms with Crippen molar-refractivity contribution in [2.75, 3.05) is 18.2 Å². The predicted octanol–water partition coefficient (Wildman–Crippen LogP) is 2.22. The number of carbonyl (C=O) groups is 1. The van der Waals surface area contributed by atoms with E-state index < -0.39 is 45.4 Å². The molecule has 1 fully saturated rings. The Bertz CT molecular complexity index is 742. The molecule has 0 unspecified atom stereocenters. The van der Waals surface area contributed by atoms with E-state index in [0.717, 1.165) is 34.3 Å². The normalized spacial score (nSPS) is 19.5. The molecule has 12 heteroatoms. The van der Waals surface area contributed by atoms with Crippen molar-refractivity contribution in [3.63, 3.8) is 0 Å². The molecular formula is C12H11ClF4N2O3S2. The number of nitrogens with zero attached hydrogens (tertiary/aromatic N) is 1. The van der Waals surface area contributed by atoms with E-state index in [1.54, 1.807) is 5.32 Å². The first-order valence-electron chi connectivity index (χ1n) is 6.41. The highest BCUT2D eigenvalue weighted by Crippen LogP contribution is 2.32. The van der Waals surface area contributed by atoms with Crippen LogP contribution in [-0.2, 0) is 14.8 Å². The number of nitrogens with one attached hydrogen (secondary N) is 1. The summed E-state index contributed by atoms with van der Waals surface area (Å²) >= 11 is 6.81. The van der Waals surface area contributed by atoms with E-state index in [1.807, 2.05) is 0 Å². The molecule has 1 heterocycles. The molecule has 1 amide bonds. The van der Waals surface area contributed by atoms with Gasteiger partial charge in [-0.2, -0.15) is 17.5 Å². The Morgan fingerprint density at radius 2 is 2.08 bits per heavy atom. The minimum absolute atomic E-state index is 0.00172. The Morgan fingerprint density at radius 3 is 2.67 bits per heavy atom. The number of amides is 1. The van der Waals surface area contributed by atoms with Gasteiger partial charge in [-0.15, -0.1) is 11.8 Å². The van der Waals surface area contributed by atoms with E-state index in [4.69, 9.17) is 11.6 Å². The zero-order valence-corrected chi connectivity index (χ0v) is 14.2. The third-order valence-electron chi connectivity index (χ3n) is 3.09. The number of hydrogen-bond acceptors (Lipinski definition) is 4. The Morgan fingerprint density at radius 1 is 1.42 bits per heavy atom. The van der Waals surface area contributed by atoms with Crippen LogP contribution < -0.4 is 5.32 Å². The van der Waals surface area contributed by atoms with Crippen molar-refractivity contribution in [1.29, 1.82) is 0 Å². The van der Waals surface area contributed by atoms with Crippen LogP contribution in [0.25, 0.3) is 0 Å². The van der Waals surface area contributed by atoms with Crippen LogP contribution in [0.5, 0.6) is 0 Å². The molecule has 1 atom stereocenters. The summed E-state index contributed by atoms with van der Waals surface area (Å²) in [5.74, 6) is -1.92. The molecule has 0 bridgehead atoms. The van der Waals surface area contributed by atoms with E-state index in [2.05, 4.69) is 0 Å². The van der Waals surface area contributed by atoms with Crippen molar-refractivity contribution in [3.8, 4) is 0 Å². The highest BCUT2D eigenvalue weighted by Gasteiger charge is 2.41. The first-order valence-corrected chi connectivity index (χ1v) is 9.39. The molecule has 1 aliphatic rings. The maximum absolute atomic E-state index is 13.1. The molecule has 0 aliphatic carbocycles. The summed E-state index contributed by atoms with van der Waals surface area (Å²) in [7, 11) is -4.26. The quantitative estimate of drug-likeness (QED) is 0.779. The lowest BCUT2D eigenvalue weighted by Gasteiger charge is -2.23. The molecule has 1 saturated heterocycles. The van der Waals surface area contributed by atoms with Gasteiger partial charge in [-0.1, -0.05) is 11.6 Å². The second kappa shape index (κ2) is 7.06. The Kier molecular flexibility index (Phi) is 5.68. The largest absolute Gasteiger partial charge is 0.405 e. The van der Waals surface area contributed by atoms with Gasteiger partial charge in [0, 0.05) is 5.75 Å². The zero-order chi connectivity index (χ0) is 18.1. The van der Waals surface area contributed by atoms with Crippen molar-refractivity contribution >= 4 is 39.3 Å². The molecular weight excluding hydrogens is 396 g/mol. The maximum atomic E-state index is 13.1. The molecule has 1 aliphatic heterocycles. The van der Waals surface area contributed by atoms with E-state index in [0.29, 0.717) is 0 Å². The summed E-state index contributed by atoms with van der Waals surface area (Å²) in [5, 5.41) is 1.29. The van der Waals surface area contributed by atoms with E-state index in [1.165, 1.54) is 0 Å². The highest BCUT2D eigenvalue weighted by molar-refractivity contribution is 8.00. The second-order valence-electron chi connectivity index (χ2n) is 4.82. The summed E-state index contributed by atoms with van der Waals surface area (Å²) in [4.78, 5) is 11.5. The van der Waals surface area contributed by atoms with Crippen molar-refractivity contribution < 1.29 is 30.8 Å². The molecule has 1 aromatic carbocycles. The third kappa shape index (κ3) is 4.32. The van der Waals surface area contributed by atoms with E-state index in [-0.39, 0.29) is 16.7 Å². The second-order valence-corrected chi connectivity index (χ2v) is 8.08. The van der Waals surface area contributed by atoms with Gasteiger partial charge in [-0.25, -0.2) is 12.8 Å². The van der Waals surface area contributed by atoms with Crippen LogP contribution in [0, 0.1) is 5.82 Å². The van der Waals surface area contributed by atoms with Gasteiger partial charge < -0.3 is 5.32 Å². The molecule has 0 aromatic heterocycles. The minimum Gasteiger partial charge on any atom is -0.346 e. The Hall–Kier alpha value is -1.04. The van der Waals surface area contributed by atoms with Gasteiger partial charge in [0.15, 0.2) is 0 Å².